The van der Waals surface area contributed by atoms with Crippen LogP contribution in [0, 0.1) is 5.41 Å². The molecule has 0 amide bonds. The number of nitrogen functional groups attached to an aromatic ring is 1. The number of rotatable bonds is 4. The molecule has 0 saturated heterocycles. The van der Waals surface area contributed by atoms with Gasteiger partial charge in [0.1, 0.15) is 17.3 Å². The van der Waals surface area contributed by atoms with Crippen molar-refractivity contribution in [2.75, 3.05) is 0 Å². The molecule has 21 heavy (non-hydrogen) atoms. The van der Waals surface area contributed by atoms with Crippen molar-refractivity contribution in [1.29, 1.82) is 5.41 Å². The summed E-state index contributed by atoms with van der Waals surface area (Å²) in [4.78, 5) is 0. The Morgan fingerprint density at radius 2 is 1.67 bits per heavy atom. The quantitative estimate of drug-likeness (QED) is 0.521. The van der Waals surface area contributed by atoms with Gasteiger partial charge < -0.3 is 10.5 Å². The highest BCUT2D eigenvalue weighted by molar-refractivity contribution is 9.10. The van der Waals surface area contributed by atoms with Gasteiger partial charge in [-0.3, -0.25) is 5.41 Å². The molecule has 0 fully saturated rings. The Labute approximate surface area is 141 Å². The van der Waals surface area contributed by atoms with Crippen molar-refractivity contribution in [1.82, 2.24) is 0 Å². The molecule has 0 atom stereocenters. The number of amidine groups is 1. The van der Waals surface area contributed by atoms with Gasteiger partial charge in [-0.2, -0.15) is 0 Å². The largest absolute Gasteiger partial charge is 0.456 e. The van der Waals surface area contributed by atoms with Crippen LogP contribution in [0.4, 0.5) is 0 Å². The molecule has 2 aromatic rings. The predicted octanol–water partition coefficient (Wildman–Crippen LogP) is 5.41. The van der Waals surface area contributed by atoms with Crippen LogP contribution in [0.1, 0.15) is 30.9 Å². The van der Waals surface area contributed by atoms with Gasteiger partial charge in [-0.15, -0.1) is 0 Å². The summed E-state index contributed by atoms with van der Waals surface area (Å²) in [6, 6.07) is 11.3. The van der Waals surface area contributed by atoms with Gasteiger partial charge in [0.25, 0.3) is 0 Å². The highest BCUT2D eigenvalue weighted by atomic mass is 79.9. The highest BCUT2D eigenvalue weighted by Crippen LogP contribution is 2.35. The molecule has 0 aliphatic carbocycles. The van der Waals surface area contributed by atoms with Gasteiger partial charge >= 0.3 is 0 Å². The van der Waals surface area contributed by atoms with Crippen LogP contribution in [0.3, 0.4) is 0 Å². The fourth-order valence-electron chi connectivity index (χ4n) is 1.99. The lowest BCUT2D eigenvalue weighted by molar-refractivity contribution is 0.471. The van der Waals surface area contributed by atoms with Crippen molar-refractivity contribution in [3.05, 3.63) is 56.5 Å². The van der Waals surface area contributed by atoms with E-state index in [-0.39, 0.29) is 5.84 Å². The smallest absolute Gasteiger partial charge is 0.139 e. The summed E-state index contributed by atoms with van der Waals surface area (Å²) in [5.41, 5.74) is 7.30. The molecular weight excluding hydrogens is 396 g/mol. The number of hydrogen-bond donors (Lipinski definition) is 2. The molecule has 3 nitrogen and oxygen atoms in total. The second kappa shape index (κ2) is 6.62. The lowest BCUT2D eigenvalue weighted by Crippen LogP contribution is -2.12. The summed E-state index contributed by atoms with van der Waals surface area (Å²) in [5, 5.41) is 7.66. The molecule has 3 N–H and O–H groups in total. The maximum atomic E-state index is 7.66. The topological polar surface area (TPSA) is 59.1 Å². The molecule has 0 aromatic heterocycles. The van der Waals surface area contributed by atoms with Crippen LogP contribution in [-0.4, -0.2) is 5.84 Å². The van der Waals surface area contributed by atoms with Crippen LogP contribution in [-0.2, 0) is 0 Å². The van der Waals surface area contributed by atoms with Gasteiger partial charge in [0.2, 0.25) is 0 Å². The minimum Gasteiger partial charge on any atom is -0.456 e. The zero-order valence-corrected chi connectivity index (χ0v) is 15.0. The molecule has 110 valence electrons. The molecule has 0 bridgehead atoms. The summed E-state index contributed by atoms with van der Waals surface area (Å²) < 4.78 is 7.92. The third kappa shape index (κ3) is 3.86. The number of ether oxygens (including phenoxy) is 1. The molecule has 0 aliphatic rings. The summed E-state index contributed by atoms with van der Waals surface area (Å²) in [5.74, 6) is 1.65. The van der Waals surface area contributed by atoms with Crippen LogP contribution in [0.25, 0.3) is 0 Å². The van der Waals surface area contributed by atoms with E-state index in [0.29, 0.717) is 17.2 Å². The summed E-state index contributed by atoms with van der Waals surface area (Å²) in [7, 11) is 0. The Bertz CT molecular complexity index is 684. The molecule has 0 unspecified atom stereocenters. The monoisotopic (exact) mass is 410 g/mol. The van der Waals surface area contributed by atoms with E-state index in [9.17, 15) is 0 Å². The van der Waals surface area contributed by atoms with E-state index in [1.807, 2.05) is 30.3 Å². The minimum absolute atomic E-state index is 0.0132. The van der Waals surface area contributed by atoms with Crippen molar-refractivity contribution in [3.8, 4) is 11.5 Å². The summed E-state index contributed by atoms with van der Waals surface area (Å²) in [6.45, 7) is 4.23. The first-order chi connectivity index (χ1) is 9.88. The van der Waals surface area contributed by atoms with Gasteiger partial charge in [0, 0.05) is 8.95 Å². The molecule has 0 heterocycles. The Kier molecular flexibility index (Phi) is 5.06. The van der Waals surface area contributed by atoms with E-state index in [0.717, 1.165) is 20.3 Å². The number of benzene rings is 2. The molecule has 5 heteroatoms. The number of hydrogen-bond acceptors (Lipinski definition) is 2. The first kappa shape index (κ1) is 16.0. The lowest BCUT2D eigenvalue weighted by atomic mass is 10.0. The zero-order chi connectivity index (χ0) is 15.6. The van der Waals surface area contributed by atoms with Gasteiger partial charge in [0.05, 0.1) is 5.56 Å². The van der Waals surface area contributed by atoms with Crippen molar-refractivity contribution in [2.24, 2.45) is 5.73 Å². The van der Waals surface area contributed by atoms with Crippen molar-refractivity contribution in [3.63, 3.8) is 0 Å². The third-order valence-corrected chi connectivity index (χ3v) is 4.03. The molecular formula is C16H16Br2N2O. The first-order valence-electron chi connectivity index (χ1n) is 6.49. The van der Waals surface area contributed by atoms with Crippen LogP contribution in [0.15, 0.2) is 45.3 Å². The van der Waals surface area contributed by atoms with E-state index in [1.165, 1.54) is 0 Å². The maximum absolute atomic E-state index is 7.66. The van der Waals surface area contributed by atoms with Gasteiger partial charge in [0.15, 0.2) is 0 Å². The second-order valence-electron chi connectivity index (χ2n) is 4.99. The van der Waals surface area contributed by atoms with Crippen molar-refractivity contribution in [2.45, 2.75) is 19.8 Å². The van der Waals surface area contributed by atoms with E-state index in [2.05, 4.69) is 45.7 Å². The average molecular weight is 412 g/mol. The first-order valence-corrected chi connectivity index (χ1v) is 8.08. The molecule has 0 saturated carbocycles. The van der Waals surface area contributed by atoms with Crippen molar-refractivity contribution < 1.29 is 4.74 Å². The normalized spacial score (nSPS) is 10.7. The minimum atomic E-state index is -0.0132. The van der Waals surface area contributed by atoms with Crippen molar-refractivity contribution >= 4 is 37.7 Å². The maximum Gasteiger partial charge on any atom is 0.139 e. The van der Waals surface area contributed by atoms with Crippen LogP contribution in [0.2, 0.25) is 0 Å². The lowest BCUT2D eigenvalue weighted by Gasteiger charge is -2.16. The predicted molar refractivity (Wildman–Crippen MR) is 93.5 cm³/mol. The van der Waals surface area contributed by atoms with Gasteiger partial charge in [-0.05, 0) is 47.9 Å². The molecule has 2 aromatic carbocycles. The Morgan fingerprint density at radius 3 is 2.29 bits per heavy atom. The fourth-order valence-corrected chi connectivity index (χ4v) is 2.70. The van der Waals surface area contributed by atoms with E-state index in [1.54, 1.807) is 6.07 Å². The molecule has 0 aliphatic heterocycles. The fraction of sp³-hybridized carbons (Fsp3) is 0.188. The van der Waals surface area contributed by atoms with E-state index in [4.69, 9.17) is 15.9 Å². The second-order valence-corrected chi connectivity index (χ2v) is 6.82. The van der Waals surface area contributed by atoms with Gasteiger partial charge in [-0.25, -0.2) is 0 Å². The Hall–Kier alpha value is -1.33. The summed E-state index contributed by atoms with van der Waals surface area (Å²) in [6.07, 6.45) is 0. The Balaban J connectivity index is 2.47. The summed E-state index contributed by atoms with van der Waals surface area (Å²) >= 11 is 6.90. The van der Waals surface area contributed by atoms with E-state index < -0.39 is 0 Å². The molecule has 2 rings (SSSR count). The van der Waals surface area contributed by atoms with Crippen LogP contribution < -0.4 is 10.5 Å². The number of nitrogens with one attached hydrogen (secondary N) is 1. The zero-order valence-electron chi connectivity index (χ0n) is 11.8. The molecule has 0 radical (unpaired) electrons. The Morgan fingerprint density at radius 1 is 1.05 bits per heavy atom. The number of halogens is 2. The van der Waals surface area contributed by atoms with Crippen LogP contribution in [0.5, 0.6) is 11.5 Å². The highest BCUT2D eigenvalue weighted by Gasteiger charge is 2.13. The standard InChI is InChI=1S/C16H16Br2N2O/c1-9(2)13-7-10(17)4-6-14(13)21-15-8-11(18)3-5-12(15)16(19)20/h3-9H,1-2H3,(H3,19,20). The SMILES string of the molecule is CC(C)c1cc(Br)ccc1Oc1cc(Br)ccc1C(=N)N. The van der Waals surface area contributed by atoms with E-state index >= 15 is 0 Å². The van der Waals surface area contributed by atoms with Gasteiger partial charge in [-0.1, -0.05) is 45.7 Å². The third-order valence-electron chi connectivity index (χ3n) is 3.05. The average Bonchev–Trinajstić information content (AvgIpc) is 2.40. The molecule has 0 spiro atoms. The van der Waals surface area contributed by atoms with Crippen LogP contribution >= 0.6 is 31.9 Å². The number of nitrogens with two attached hydrogens (primary N) is 1.